The zero-order valence-corrected chi connectivity index (χ0v) is 18.7. The maximum Gasteiger partial charge on any atom is 0.173 e. The van der Waals surface area contributed by atoms with Crippen LogP contribution in [-0.2, 0) is 16.1 Å². The van der Waals surface area contributed by atoms with Gasteiger partial charge in [0, 0.05) is 41.2 Å². The summed E-state index contributed by atoms with van der Waals surface area (Å²) in [6.07, 6.45) is 4.14. The molecule has 1 unspecified atom stereocenters. The van der Waals surface area contributed by atoms with E-state index in [1.54, 1.807) is 11.3 Å². The van der Waals surface area contributed by atoms with Crippen molar-refractivity contribution in [3.63, 3.8) is 0 Å². The Morgan fingerprint density at radius 3 is 2.84 bits per heavy atom. The summed E-state index contributed by atoms with van der Waals surface area (Å²) in [4.78, 5) is 32.7. The molecule has 32 heavy (non-hydrogen) atoms. The average Bonchev–Trinajstić information content (AvgIpc) is 3.52. The molecule has 7 heteroatoms. The summed E-state index contributed by atoms with van der Waals surface area (Å²) in [5.41, 5.74) is 3.44. The average molecular weight is 445 g/mol. The summed E-state index contributed by atoms with van der Waals surface area (Å²) < 4.78 is 2.05. The number of nitrogens with one attached hydrogen (secondary N) is 1. The summed E-state index contributed by atoms with van der Waals surface area (Å²) in [5.74, 6) is 0.265. The fourth-order valence-corrected chi connectivity index (χ4v) is 6.08. The smallest absolute Gasteiger partial charge is 0.173 e. The molecule has 6 nitrogen and oxygen atoms in total. The summed E-state index contributed by atoms with van der Waals surface area (Å²) in [6, 6.07) is 10.1. The minimum absolute atomic E-state index is 0.0872. The predicted octanol–water partition coefficient (Wildman–Crippen LogP) is 4.37. The second-order valence-corrected chi connectivity index (χ2v) is 9.87. The lowest BCUT2D eigenvalue weighted by molar-refractivity contribution is -0.119. The second kappa shape index (κ2) is 7.53. The van der Waals surface area contributed by atoms with Gasteiger partial charge in [-0.25, -0.2) is 0 Å². The zero-order valence-electron chi connectivity index (χ0n) is 17.9. The highest BCUT2D eigenvalue weighted by Crippen LogP contribution is 2.40. The lowest BCUT2D eigenvalue weighted by Crippen LogP contribution is -2.34. The van der Waals surface area contributed by atoms with E-state index in [2.05, 4.69) is 23.0 Å². The van der Waals surface area contributed by atoms with E-state index in [0.717, 1.165) is 46.3 Å². The monoisotopic (exact) mass is 444 g/mol. The highest BCUT2D eigenvalue weighted by molar-refractivity contribution is 7.16. The number of allylic oxidation sites excluding steroid dienone is 2. The first-order valence-electron chi connectivity index (χ1n) is 11.1. The molecule has 3 aromatic heterocycles. The second-order valence-electron chi connectivity index (χ2n) is 8.96. The van der Waals surface area contributed by atoms with Crippen molar-refractivity contribution in [3.8, 4) is 0 Å². The van der Waals surface area contributed by atoms with Crippen molar-refractivity contribution in [1.29, 1.82) is 0 Å². The van der Waals surface area contributed by atoms with Crippen LogP contribution in [0.3, 0.4) is 0 Å². The number of hydrogen-bond acceptors (Lipinski definition) is 5. The molecule has 4 aromatic rings. The quantitative estimate of drug-likeness (QED) is 0.475. The lowest BCUT2D eigenvalue weighted by atomic mass is 9.98. The number of benzene rings is 1. The predicted molar refractivity (Wildman–Crippen MR) is 128 cm³/mol. The van der Waals surface area contributed by atoms with Crippen LogP contribution in [0.1, 0.15) is 30.5 Å². The SMILES string of the molecule is CN1CCCC(Cn2nc(C3=C(c4c[nH]c5sccc45)C(=O)CC3=O)c3ccccc32)C1. The van der Waals surface area contributed by atoms with E-state index in [0.29, 0.717) is 22.8 Å². The molecule has 1 aromatic carbocycles. The Labute approximate surface area is 189 Å². The highest BCUT2D eigenvalue weighted by Gasteiger charge is 2.36. The number of nitrogens with zero attached hydrogens (tertiary/aromatic N) is 3. The van der Waals surface area contributed by atoms with E-state index >= 15 is 0 Å². The van der Waals surface area contributed by atoms with Gasteiger partial charge in [0.15, 0.2) is 11.6 Å². The zero-order chi connectivity index (χ0) is 21.8. The number of likely N-dealkylation sites (tertiary alicyclic amines) is 1. The number of rotatable bonds is 4. The van der Waals surface area contributed by atoms with Gasteiger partial charge in [0.2, 0.25) is 0 Å². The molecule has 0 radical (unpaired) electrons. The normalized spacial score (nSPS) is 20.3. The summed E-state index contributed by atoms with van der Waals surface area (Å²) in [5, 5.41) is 8.88. The molecule has 4 heterocycles. The van der Waals surface area contributed by atoms with Crippen LogP contribution in [0, 0.1) is 5.92 Å². The number of thiophene rings is 1. The number of carbonyl (C=O) groups is 2. The Morgan fingerprint density at radius 2 is 1.97 bits per heavy atom. The Balaban J connectivity index is 1.52. The molecule has 0 bridgehead atoms. The van der Waals surface area contributed by atoms with E-state index in [4.69, 9.17) is 5.10 Å². The summed E-state index contributed by atoms with van der Waals surface area (Å²) in [7, 11) is 2.17. The van der Waals surface area contributed by atoms with Gasteiger partial charge >= 0.3 is 0 Å². The number of piperidine rings is 1. The molecule has 0 spiro atoms. The molecule has 1 aliphatic carbocycles. The number of aromatic nitrogens is 3. The van der Waals surface area contributed by atoms with E-state index in [1.807, 2.05) is 40.5 Å². The number of ketones is 2. The van der Waals surface area contributed by atoms with Crippen molar-refractivity contribution in [3.05, 3.63) is 53.2 Å². The van der Waals surface area contributed by atoms with Gasteiger partial charge < -0.3 is 9.88 Å². The number of para-hydroxylation sites is 1. The molecular formula is C25H24N4O2S. The van der Waals surface area contributed by atoms with Gasteiger partial charge in [0.1, 0.15) is 10.5 Å². The van der Waals surface area contributed by atoms with Crippen LogP contribution >= 0.6 is 11.3 Å². The van der Waals surface area contributed by atoms with Gasteiger partial charge in [-0.05, 0) is 49.9 Å². The number of hydrogen-bond donors (Lipinski definition) is 1. The Kier molecular flexibility index (Phi) is 4.62. The minimum atomic E-state index is -0.137. The van der Waals surface area contributed by atoms with Crippen LogP contribution in [0.5, 0.6) is 0 Å². The molecule has 162 valence electrons. The molecule has 1 saturated heterocycles. The van der Waals surface area contributed by atoms with E-state index < -0.39 is 0 Å². The van der Waals surface area contributed by atoms with Crippen LogP contribution < -0.4 is 0 Å². The number of H-pyrrole nitrogens is 1. The molecular weight excluding hydrogens is 420 g/mol. The number of aromatic amines is 1. The van der Waals surface area contributed by atoms with Gasteiger partial charge in [-0.15, -0.1) is 11.3 Å². The maximum absolute atomic E-state index is 13.1. The van der Waals surface area contributed by atoms with Crippen LogP contribution in [0.25, 0.3) is 32.3 Å². The van der Waals surface area contributed by atoms with Crippen LogP contribution in [0.15, 0.2) is 41.9 Å². The molecule has 2 aliphatic rings. The van der Waals surface area contributed by atoms with Crippen LogP contribution in [0.4, 0.5) is 0 Å². The highest BCUT2D eigenvalue weighted by atomic mass is 32.1. The Bertz CT molecular complexity index is 1410. The van der Waals surface area contributed by atoms with Crippen molar-refractivity contribution in [1.82, 2.24) is 19.7 Å². The maximum atomic E-state index is 13.1. The lowest BCUT2D eigenvalue weighted by Gasteiger charge is -2.29. The summed E-state index contributed by atoms with van der Waals surface area (Å²) >= 11 is 1.59. The van der Waals surface area contributed by atoms with Crippen LogP contribution in [-0.4, -0.2) is 51.4 Å². The number of carbonyl (C=O) groups excluding carboxylic acids is 2. The van der Waals surface area contributed by atoms with Crippen molar-refractivity contribution >= 4 is 55.2 Å². The number of fused-ring (bicyclic) bond motifs is 2. The van der Waals surface area contributed by atoms with Crippen molar-refractivity contribution < 1.29 is 9.59 Å². The van der Waals surface area contributed by atoms with Crippen molar-refractivity contribution in [2.75, 3.05) is 20.1 Å². The molecule has 6 rings (SSSR count). The van der Waals surface area contributed by atoms with E-state index in [1.165, 1.54) is 12.8 Å². The Morgan fingerprint density at radius 1 is 1.12 bits per heavy atom. The molecule has 1 N–H and O–H groups in total. The van der Waals surface area contributed by atoms with Gasteiger partial charge in [0.05, 0.1) is 17.5 Å². The third-order valence-corrected chi connectivity index (χ3v) is 7.59. The third kappa shape index (κ3) is 3.07. The first-order valence-corrected chi connectivity index (χ1v) is 12.0. The third-order valence-electron chi connectivity index (χ3n) is 6.75. The fraction of sp³-hybridized carbons (Fsp3) is 0.320. The standard InChI is InChI=1S/C25H24N4O2S/c1-28-9-4-5-15(13-28)14-29-19-7-3-2-6-17(19)24(27-29)23-21(31)11-20(30)22(23)18-12-26-25-16(18)8-10-32-25/h2-3,6-8,10,12,15,26H,4-5,9,11,13-14H2,1H3. The molecule has 0 saturated carbocycles. The molecule has 1 atom stereocenters. The Hall–Kier alpha value is -3.03. The summed E-state index contributed by atoms with van der Waals surface area (Å²) in [6.45, 7) is 3.01. The van der Waals surface area contributed by atoms with E-state index in [-0.39, 0.29) is 18.0 Å². The minimum Gasteiger partial charge on any atom is -0.352 e. The van der Waals surface area contributed by atoms with Crippen LogP contribution in [0.2, 0.25) is 0 Å². The molecule has 0 amide bonds. The molecule has 1 aliphatic heterocycles. The fourth-order valence-electron chi connectivity index (χ4n) is 5.31. The topological polar surface area (TPSA) is 71.0 Å². The van der Waals surface area contributed by atoms with E-state index in [9.17, 15) is 9.59 Å². The van der Waals surface area contributed by atoms with Gasteiger partial charge in [-0.3, -0.25) is 14.3 Å². The van der Waals surface area contributed by atoms with Gasteiger partial charge in [0.25, 0.3) is 0 Å². The van der Waals surface area contributed by atoms with Crippen molar-refractivity contribution in [2.24, 2.45) is 5.92 Å². The molecule has 1 fully saturated rings. The van der Waals surface area contributed by atoms with Gasteiger partial charge in [-0.2, -0.15) is 5.10 Å². The first-order chi connectivity index (χ1) is 15.6. The number of Topliss-reactive ketones (excluding diaryl/α,β-unsaturated/α-hetero) is 2. The van der Waals surface area contributed by atoms with Gasteiger partial charge in [-0.1, -0.05) is 18.2 Å². The first kappa shape index (κ1) is 19.6. The largest absolute Gasteiger partial charge is 0.352 e. The van der Waals surface area contributed by atoms with Crippen molar-refractivity contribution in [2.45, 2.75) is 25.8 Å².